The van der Waals surface area contributed by atoms with Crippen molar-refractivity contribution in [1.82, 2.24) is 5.32 Å². The molecule has 10 nitrogen and oxygen atoms in total. The smallest absolute Gasteiger partial charge is 0.331 e. The lowest BCUT2D eigenvalue weighted by molar-refractivity contribution is -0.388. The second kappa shape index (κ2) is 20.2. The van der Waals surface area contributed by atoms with Crippen molar-refractivity contribution in [2.24, 2.45) is 104 Å². The minimum absolute atomic E-state index is 0.0150. The molecule has 0 radical (unpaired) electrons. The van der Waals surface area contributed by atoms with E-state index in [9.17, 15) is 15.0 Å². The molecule has 10 heteroatoms. The van der Waals surface area contributed by atoms with E-state index >= 15 is 20.1 Å². The molecule has 3 aromatic rings. The number of likely N-dealkylation sites (N-methyl/N-ethyl adjacent to an activating group) is 1. The van der Waals surface area contributed by atoms with Crippen LogP contribution in [0.15, 0.2) is 84.4 Å². The van der Waals surface area contributed by atoms with Gasteiger partial charge in [-0.05, 0) is 265 Å². The number of hydrogen-bond acceptors (Lipinski definition) is 10. The van der Waals surface area contributed by atoms with Crippen LogP contribution in [0.5, 0.6) is 0 Å². The number of fused-ring (bicyclic) bond motifs is 12. The van der Waals surface area contributed by atoms with Crippen LogP contribution in [-0.2, 0) is 44.9 Å². The van der Waals surface area contributed by atoms with E-state index in [1.54, 1.807) is 6.08 Å². The molecule has 0 amide bonds. The molecule has 25 unspecified atom stereocenters. The monoisotopic (exact) mass is 1220 g/mol. The summed E-state index contributed by atoms with van der Waals surface area (Å²) in [5, 5.41) is 74.8. The summed E-state index contributed by atoms with van der Waals surface area (Å²) in [6.07, 6.45) is 23.0. The molecule has 6 N–H and O–H groups in total. The van der Waals surface area contributed by atoms with E-state index in [4.69, 9.17) is 9.47 Å². The van der Waals surface area contributed by atoms with E-state index in [1.807, 2.05) is 19.2 Å². The van der Waals surface area contributed by atoms with E-state index in [0.717, 1.165) is 112 Å². The molecule has 3 heterocycles. The molecule has 16 bridgehead atoms. The Morgan fingerprint density at radius 2 is 1.52 bits per heavy atom. The number of carbonyl (C=O) groups is 2. The zero-order valence-corrected chi connectivity index (χ0v) is 53.6. The third-order valence-corrected chi connectivity index (χ3v) is 32.2. The van der Waals surface area contributed by atoms with Crippen molar-refractivity contribution in [3.63, 3.8) is 0 Å². The van der Waals surface area contributed by atoms with E-state index < -0.39 is 67.8 Å². The molecule has 25 atom stereocenters. The van der Waals surface area contributed by atoms with Crippen LogP contribution < -0.4 is 5.32 Å². The molecule has 478 valence electrons. The number of rotatable bonds is 5. The number of nitrogens with one attached hydrogen (secondary N) is 1. The van der Waals surface area contributed by atoms with Crippen molar-refractivity contribution >= 4 is 12.3 Å². The van der Waals surface area contributed by atoms with E-state index in [1.165, 1.54) is 42.2 Å². The van der Waals surface area contributed by atoms with Gasteiger partial charge in [0.2, 0.25) is 0 Å². The maximum absolute atomic E-state index is 16.3. The van der Waals surface area contributed by atoms with E-state index in [0.29, 0.717) is 74.5 Å². The van der Waals surface area contributed by atoms with Gasteiger partial charge in [0.05, 0.1) is 42.0 Å². The van der Waals surface area contributed by atoms with Crippen LogP contribution >= 0.6 is 0 Å². The van der Waals surface area contributed by atoms with Gasteiger partial charge in [-0.15, -0.1) is 0 Å². The van der Waals surface area contributed by atoms with Crippen molar-refractivity contribution in [1.29, 1.82) is 0 Å². The van der Waals surface area contributed by atoms with Gasteiger partial charge in [-0.2, -0.15) is 0 Å². The Morgan fingerprint density at radius 1 is 0.733 bits per heavy atom. The van der Waals surface area contributed by atoms with Gasteiger partial charge >= 0.3 is 5.97 Å². The van der Waals surface area contributed by atoms with Crippen LogP contribution in [0.4, 0.5) is 0 Å². The second-order valence-electron chi connectivity index (χ2n) is 34.1. The average molecular weight is 1220 g/mol. The summed E-state index contributed by atoms with van der Waals surface area (Å²) in [7, 11) is 1.96. The molecule has 13 aliphatic carbocycles. The quantitative estimate of drug-likeness (QED) is 0.0823. The van der Waals surface area contributed by atoms with Gasteiger partial charge in [0.15, 0.2) is 0 Å². The fourth-order valence-corrected chi connectivity index (χ4v) is 28.9. The summed E-state index contributed by atoms with van der Waals surface area (Å²) in [5.41, 5.74) is -2.60. The Morgan fingerprint density at radius 3 is 2.32 bits per heavy atom. The maximum atomic E-state index is 16.3. The molecule has 0 aromatic heterocycles. The Kier molecular flexibility index (Phi) is 13.1. The zero-order chi connectivity index (χ0) is 61.2. The molecular formula is C80H99NO9. The minimum Gasteiger partial charge on any atom is -0.454 e. The second-order valence-corrected chi connectivity index (χ2v) is 34.1. The third-order valence-electron chi connectivity index (χ3n) is 32.2. The van der Waals surface area contributed by atoms with Crippen molar-refractivity contribution in [2.45, 2.75) is 228 Å². The molecule has 1 saturated heterocycles. The Hall–Kier alpha value is -4.18. The summed E-state index contributed by atoms with van der Waals surface area (Å²) >= 11 is 0. The number of ether oxygens (including phenoxy) is 2. The summed E-state index contributed by atoms with van der Waals surface area (Å²) in [5.74, 6) is 8.19. The lowest BCUT2D eigenvalue weighted by atomic mass is 9.29. The predicted octanol–water partition coefficient (Wildman–Crippen LogP) is 11.7. The molecular weight excluding hydrogens is 1120 g/mol. The molecule has 4 spiro atoms. The van der Waals surface area contributed by atoms with Crippen LogP contribution in [0.1, 0.15) is 194 Å². The highest BCUT2D eigenvalue weighted by molar-refractivity contribution is 5.87. The highest BCUT2D eigenvalue weighted by atomic mass is 16.5. The normalized spacial score (nSPS) is 50.1. The molecule has 12 fully saturated rings. The van der Waals surface area contributed by atoms with Crippen LogP contribution in [0.25, 0.3) is 0 Å². The van der Waals surface area contributed by atoms with Gasteiger partial charge in [-0.1, -0.05) is 98.3 Å². The molecule has 19 rings (SSSR count). The van der Waals surface area contributed by atoms with Gasteiger partial charge in [-0.25, -0.2) is 4.79 Å². The summed E-state index contributed by atoms with van der Waals surface area (Å²) < 4.78 is 14.9. The molecule has 3 aromatic carbocycles. The first-order valence-corrected chi connectivity index (χ1v) is 36.5. The fraction of sp³-hybridized carbons (Fsp3) is 0.700. The lowest BCUT2D eigenvalue weighted by Gasteiger charge is -2.78. The van der Waals surface area contributed by atoms with Crippen LogP contribution in [0.2, 0.25) is 0 Å². The number of carbonyl (C=O) groups excluding carboxylic acids is 2. The fourth-order valence-electron chi connectivity index (χ4n) is 28.9. The largest absolute Gasteiger partial charge is 0.454 e. The molecule has 11 saturated carbocycles. The maximum Gasteiger partial charge on any atom is 0.331 e. The Bertz CT molecular complexity index is 3510. The van der Waals surface area contributed by atoms with Gasteiger partial charge in [0, 0.05) is 57.1 Å². The number of benzene rings is 3. The topological polar surface area (TPSA) is 166 Å². The van der Waals surface area contributed by atoms with Crippen molar-refractivity contribution < 1.29 is 44.6 Å². The van der Waals surface area contributed by atoms with Gasteiger partial charge in [0.25, 0.3) is 0 Å². The van der Waals surface area contributed by atoms with Crippen LogP contribution in [-0.4, -0.2) is 92.6 Å². The van der Waals surface area contributed by atoms with Crippen LogP contribution in [0.3, 0.4) is 0 Å². The van der Waals surface area contributed by atoms with E-state index in [2.05, 4.69) is 84.7 Å². The van der Waals surface area contributed by atoms with Crippen LogP contribution in [0, 0.1) is 115 Å². The standard InChI is InChI=1S/C80H99NO9/c1-47-53-17-16-50(32-53)31-48-10-8-11-49(30-48)33-67-60-22-28-73-27-21-55(51-12-4-3-5-13-51)35-57(73)37-64(60)76(73)44-74(45-83)68-23-29-75-43-72(24-6-7-25-72)26-20-52-14-9-15-56(42-82)61(52)38-66(81-2)62-36-58(77(75,46-84)65-39-69(85)90-70(62)65)41-79(75,87)78(68,86)40-59-34-54(47)18-19-63(71(76)89-67)80(59,74)88/h3-5,8-15,30,39,45,47,50,53-55,57-60,62-64,66-68,70-71,81-82,84,86-88H,6-7,16-19,21-25,27-29,31-38,40-44,46H2,1-2H3. The van der Waals surface area contributed by atoms with Gasteiger partial charge in [0.1, 0.15) is 18.0 Å². The van der Waals surface area contributed by atoms with E-state index in [-0.39, 0.29) is 85.2 Å². The molecule has 16 aliphatic rings. The van der Waals surface area contributed by atoms with Crippen molar-refractivity contribution in [3.05, 3.63) is 118 Å². The highest BCUT2D eigenvalue weighted by Crippen LogP contribution is 2.87. The first kappa shape index (κ1) is 58.4. The summed E-state index contributed by atoms with van der Waals surface area (Å²) in [6, 6.07) is 26.6. The average Bonchev–Trinajstić information content (AvgIpc) is 1.37. The Balaban J connectivity index is 0.857. The highest BCUT2D eigenvalue weighted by Gasteiger charge is 2.90. The molecule has 90 heavy (non-hydrogen) atoms. The summed E-state index contributed by atoms with van der Waals surface area (Å²) in [4.78, 5) is 30.8. The first-order chi connectivity index (χ1) is 43.6. The Labute approximate surface area is 533 Å². The lowest BCUT2D eigenvalue weighted by Crippen LogP contribution is -2.85. The third kappa shape index (κ3) is 7.24. The summed E-state index contributed by atoms with van der Waals surface area (Å²) in [6.45, 7) is 2.06. The number of esters is 1. The number of aldehydes is 1. The molecule has 3 aliphatic heterocycles. The number of aliphatic hydroxyl groups excluding tert-OH is 2. The first-order valence-electron chi connectivity index (χ1n) is 36.5. The van der Waals surface area contributed by atoms with Gasteiger partial charge in [-0.3, -0.25) is 0 Å². The number of aliphatic hydroxyl groups is 5. The zero-order valence-electron chi connectivity index (χ0n) is 53.6. The minimum atomic E-state index is -1.88. The predicted molar refractivity (Wildman–Crippen MR) is 342 cm³/mol. The van der Waals surface area contributed by atoms with Crippen molar-refractivity contribution in [3.8, 4) is 11.8 Å². The SMILES string of the molecule is CNC1Cc2c(cccc2CO)C#CC2(CCCC2)CC23CCC4C(O)(CC5CC6CCC7C8OC(Cc9cccc(c9)CC9CCC(C9)C6C)C6CCC9%10CCC(c%11ccccc%11)CC9CC6C8%10CC4(C=O)C57O)C2(O)CC2CC1C1OC(=O)C=C1C23CO. The number of hydrogen-bond donors (Lipinski definition) is 6. The van der Waals surface area contributed by atoms with Crippen molar-refractivity contribution in [2.75, 3.05) is 13.7 Å². The van der Waals surface area contributed by atoms with Gasteiger partial charge < -0.3 is 45.1 Å².